The third kappa shape index (κ3) is 4.52. The lowest BCUT2D eigenvalue weighted by molar-refractivity contribution is -0.123. The number of rotatable bonds is 7. The van der Waals surface area contributed by atoms with Gasteiger partial charge in [0.2, 0.25) is 0 Å². The molecule has 0 spiro atoms. The van der Waals surface area contributed by atoms with E-state index >= 15 is 0 Å². The molecule has 1 heterocycles. The van der Waals surface area contributed by atoms with E-state index < -0.39 is 0 Å². The Morgan fingerprint density at radius 3 is 2.85 bits per heavy atom. The van der Waals surface area contributed by atoms with Crippen molar-refractivity contribution < 1.29 is 9.53 Å². The topological polar surface area (TPSA) is 56.1 Å². The van der Waals surface area contributed by atoms with E-state index in [1.165, 1.54) is 0 Å². The first-order valence-electron chi connectivity index (χ1n) is 8.04. The predicted molar refractivity (Wildman–Crippen MR) is 102 cm³/mol. The fourth-order valence-corrected chi connectivity index (χ4v) is 2.64. The fourth-order valence-electron chi connectivity index (χ4n) is 2.43. The molecule has 1 amide bonds. The number of ether oxygens (including phenoxy) is 1. The van der Waals surface area contributed by atoms with Gasteiger partial charge < -0.3 is 14.6 Å². The minimum absolute atomic E-state index is 0.0885. The maximum atomic E-state index is 12.1. The number of amides is 1. The lowest BCUT2D eigenvalue weighted by atomic mass is 10.1. The Morgan fingerprint density at radius 2 is 2.08 bits per heavy atom. The molecule has 6 heteroatoms. The van der Waals surface area contributed by atoms with Gasteiger partial charge in [-0.15, -0.1) is 0 Å². The number of halogens is 1. The molecule has 0 radical (unpaired) electrons. The Kier molecular flexibility index (Phi) is 5.71. The Balaban J connectivity index is 1.59. The molecule has 0 aliphatic carbocycles. The second-order valence-corrected chi connectivity index (χ2v) is 6.04. The van der Waals surface area contributed by atoms with Crippen LogP contribution in [0.25, 0.3) is 5.70 Å². The normalized spacial score (nSPS) is 10.3. The van der Waals surface area contributed by atoms with Crippen LogP contribution in [0.15, 0.2) is 73.8 Å². The van der Waals surface area contributed by atoms with Gasteiger partial charge in [-0.05, 0) is 29.8 Å². The first kappa shape index (κ1) is 17.8. The van der Waals surface area contributed by atoms with Crippen LogP contribution in [0.1, 0.15) is 11.1 Å². The summed E-state index contributed by atoms with van der Waals surface area (Å²) in [5, 5.41) is 3.45. The van der Waals surface area contributed by atoms with Crippen LogP contribution in [-0.2, 0) is 11.3 Å². The minimum Gasteiger partial charge on any atom is -0.483 e. The Morgan fingerprint density at radius 1 is 1.23 bits per heavy atom. The van der Waals surface area contributed by atoms with Crippen molar-refractivity contribution in [2.45, 2.75) is 6.54 Å². The number of aromatic nitrogens is 2. The lowest BCUT2D eigenvalue weighted by Crippen LogP contribution is -2.28. The van der Waals surface area contributed by atoms with Gasteiger partial charge in [0.25, 0.3) is 5.91 Å². The molecule has 1 aromatic heterocycles. The minimum atomic E-state index is -0.215. The molecule has 0 fully saturated rings. The molecular weight excluding hydrogens is 350 g/mol. The molecule has 3 aromatic rings. The van der Waals surface area contributed by atoms with E-state index in [0.717, 1.165) is 16.8 Å². The SMILES string of the molecule is C=C(c1ccccc1OCC(=O)NCc1cccc(Cl)c1)n1ccnc1. The van der Waals surface area contributed by atoms with Crippen LogP contribution in [0, 0.1) is 0 Å². The van der Waals surface area contributed by atoms with Crippen molar-refractivity contribution in [1.29, 1.82) is 0 Å². The average molecular weight is 368 g/mol. The zero-order valence-electron chi connectivity index (χ0n) is 14.1. The van der Waals surface area contributed by atoms with Gasteiger partial charge in [0.05, 0.1) is 12.0 Å². The highest BCUT2D eigenvalue weighted by molar-refractivity contribution is 6.30. The summed E-state index contributed by atoms with van der Waals surface area (Å²) in [4.78, 5) is 16.1. The summed E-state index contributed by atoms with van der Waals surface area (Å²) in [6.07, 6.45) is 5.14. The van der Waals surface area contributed by atoms with Crippen molar-refractivity contribution in [2.75, 3.05) is 6.61 Å². The number of benzene rings is 2. The van der Waals surface area contributed by atoms with Crippen LogP contribution in [-0.4, -0.2) is 22.1 Å². The van der Waals surface area contributed by atoms with Gasteiger partial charge in [0.1, 0.15) is 5.75 Å². The van der Waals surface area contributed by atoms with Crippen molar-refractivity contribution in [1.82, 2.24) is 14.9 Å². The Bertz CT molecular complexity index is 907. The monoisotopic (exact) mass is 367 g/mol. The number of hydrogen-bond acceptors (Lipinski definition) is 3. The number of carbonyl (C=O) groups excluding carboxylic acids is 1. The summed E-state index contributed by atoms with van der Waals surface area (Å²) in [7, 11) is 0. The van der Waals surface area contributed by atoms with Gasteiger partial charge in [-0.25, -0.2) is 4.98 Å². The van der Waals surface area contributed by atoms with Crippen molar-refractivity contribution >= 4 is 23.2 Å². The molecule has 5 nitrogen and oxygen atoms in total. The first-order valence-corrected chi connectivity index (χ1v) is 8.42. The van der Waals surface area contributed by atoms with Crippen molar-refractivity contribution in [2.24, 2.45) is 0 Å². The predicted octanol–water partition coefficient (Wildman–Crippen LogP) is 3.75. The largest absolute Gasteiger partial charge is 0.483 e. The van der Waals surface area contributed by atoms with Gasteiger partial charge in [-0.1, -0.05) is 42.4 Å². The molecule has 26 heavy (non-hydrogen) atoms. The molecule has 0 atom stereocenters. The summed E-state index contributed by atoms with van der Waals surface area (Å²) in [5.74, 6) is 0.372. The summed E-state index contributed by atoms with van der Waals surface area (Å²) in [6, 6.07) is 14.8. The first-order chi connectivity index (χ1) is 12.6. The van der Waals surface area contributed by atoms with Crippen LogP contribution < -0.4 is 10.1 Å². The molecule has 0 aliphatic heterocycles. The second-order valence-electron chi connectivity index (χ2n) is 5.61. The highest BCUT2D eigenvalue weighted by Gasteiger charge is 2.10. The van der Waals surface area contributed by atoms with E-state index in [0.29, 0.717) is 17.3 Å². The van der Waals surface area contributed by atoms with E-state index in [2.05, 4.69) is 16.9 Å². The molecule has 0 saturated heterocycles. The van der Waals surface area contributed by atoms with Crippen LogP contribution in [0.2, 0.25) is 5.02 Å². The third-order valence-corrected chi connectivity index (χ3v) is 3.99. The Labute approximate surface area is 156 Å². The van der Waals surface area contributed by atoms with E-state index in [-0.39, 0.29) is 12.5 Å². The molecular formula is C20H18ClN3O2. The van der Waals surface area contributed by atoms with Gasteiger partial charge in [-0.2, -0.15) is 0 Å². The zero-order valence-corrected chi connectivity index (χ0v) is 14.8. The van der Waals surface area contributed by atoms with E-state index in [4.69, 9.17) is 16.3 Å². The Hall–Kier alpha value is -3.05. The number of hydrogen-bond donors (Lipinski definition) is 1. The number of imidazole rings is 1. The van der Waals surface area contributed by atoms with E-state index in [1.54, 1.807) is 29.4 Å². The summed E-state index contributed by atoms with van der Waals surface area (Å²) < 4.78 is 7.49. The summed E-state index contributed by atoms with van der Waals surface area (Å²) in [6.45, 7) is 4.38. The molecule has 132 valence electrons. The number of carbonyl (C=O) groups is 1. The van der Waals surface area contributed by atoms with Crippen LogP contribution in [0.4, 0.5) is 0 Å². The lowest BCUT2D eigenvalue weighted by Gasteiger charge is -2.14. The summed E-state index contributed by atoms with van der Waals surface area (Å²) >= 11 is 5.94. The van der Waals surface area contributed by atoms with Gasteiger partial charge >= 0.3 is 0 Å². The maximum absolute atomic E-state index is 12.1. The van der Waals surface area contributed by atoms with Crippen LogP contribution >= 0.6 is 11.6 Å². The molecule has 0 aliphatic rings. The van der Waals surface area contributed by atoms with Gasteiger partial charge in [0.15, 0.2) is 6.61 Å². The van der Waals surface area contributed by atoms with Gasteiger partial charge in [-0.3, -0.25) is 4.79 Å². The summed E-state index contributed by atoms with van der Waals surface area (Å²) in [5.41, 5.74) is 2.45. The molecule has 0 unspecified atom stereocenters. The van der Waals surface area contributed by atoms with Crippen LogP contribution in [0.3, 0.4) is 0 Å². The quantitative estimate of drug-likeness (QED) is 0.692. The van der Waals surface area contributed by atoms with Crippen molar-refractivity contribution in [3.05, 3.63) is 90.0 Å². The molecule has 3 rings (SSSR count). The van der Waals surface area contributed by atoms with E-state index in [9.17, 15) is 4.79 Å². The molecule has 1 N–H and O–H groups in total. The number of para-hydroxylation sites is 1. The number of nitrogens with one attached hydrogen (secondary N) is 1. The molecule has 0 saturated carbocycles. The maximum Gasteiger partial charge on any atom is 0.258 e. The second kappa shape index (κ2) is 8.36. The van der Waals surface area contributed by atoms with Crippen molar-refractivity contribution in [3.63, 3.8) is 0 Å². The highest BCUT2D eigenvalue weighted by atomic mass is 35.5. The molecule has 0 bridgehead atoms. The average Bonchev–Trinajstić information content (AvgIpc) is 3.19. The fraction of sp³-hybridized carbons (Fsp3) is 0.100. The standard InChI is InChI=1S/C20H18ClN3O2/c1-15(24-10-9-22-14-24)18-7-2-3-8-19(18)26-13-20(25)23-12-16-5-4-6-17(21)11-16/h2-11,14H,1,12-13H2,(H,23,25). The van der Waals surface area contributed by atoms with Crippen molar-refractivity contribution in [3.8, 4) is 5.75 Å². The number of nitrogens with zero attached hydrogens (tertiary/aromatic N) is 2. The third-order valence-electron chi connectivity index (χ3n) is 3.75. The highest BCUT2D eigenvalue weighted by Crippen LogP contribution is 2.25. The van der Waals surface area contributed by atoms with Gasteiger partial charge in [0, 0.05) is 29.5 Å². The van der Waals surface area contributed by atoms with Crippen LogP contribution in [0.5, 0.6) is 5.75 Å². The van der Waals surface area contributed by atoms with E-state index in [1.807, 2.05) is 42.5 Å². The molecule has 2 aromatic carbocycles. The smallest absolute Gasteiger partial charge is 0.258 e. The zero-order chi connectivity index (χ0) is 18.4.